The van der Waals surface area contributed by atoms with Gasteiger partial charge in [-0.1, -0.05) is 65.8 Å². The van der Waals surface area contributed by atoms with E-state index in [1.54, 1.807) is 12.4 Å². The van der Waals surface area contributed by atoms with Crippen LogP contribution in [0.15, 0.2) is 89.4 Å². The predicted octanol–water partition coefficient (Wildman–Crippen LogP) is 4.00. The van der Waals surface area contributed by atoms with Crippen LogP contribution in [0.1, 0.15) is 17.2 Å². The van der Waals surface area contributed by atoms with Gasteiger partial charge in [0.05, 0.1) is 6.54 Å². The van der Waals surface area contributed by atoms with Crippen molar-refractivity contribution >= 4 is 29.6 Å². The number of hydrogen-bond donors (Lipinski definition) is 2. The average molecular weight is 488 g/mol. The van der Waals surface area contributed by atoms with Gasteiger partial charge in [-0.3, -0.25) is 9.69 Å². The van der Waals surface area contributed by atoms with Gasteiger partial charge < -0.3 is 15.0 Å². The highest BCUT2D eigenvalue weighted by Crippen LogP contribution is 2.42. The Labute approximate surface area is 205 Å². The summed E-state index contributed by atoms with van der Waals surface area (Å²) in [6, 6.07) is 18.3. The number of amides is 1. The Balaban J connectivity index is 1.46. The number of β-lactam (4-membered cyclic amide) rings is 1. The molecule has 0 saturated carbocycles. The summed E-state index contributed by atoms with van der Waals surface area (Å²) in [6.07, 6.45) is 2.58. The van der Waals surface area contributed by atoms with Crippen molar-refractivity contribution in [3.8, 4) is 0 Å². The zero-order valence-corrected chi connectivity index (χ0v) is 19.3. The Kier molecular flexibility index (Phi) is 6.42. The van der Waals surface area contributed by atoms with Crippen LogP contribution in [0, 0.1) is 0 Å². The summed E-state index contributed by atoms with van der Waals surface area (Å²) in [5, 5.41) is 6.40. The second-order valence-electron chi connectivity index (χ2n) is 7.92. The number of nitrogens with one attached hydrogen (secondary N) is 2. The molecule has 10 nitrogen and oxygen atoms in total. The number of rotatable bonds is 8. The molecule has 2 atom stereocenters. The molecule has 0 spiro atoms. The third-order valence-electron chi connectivity index (χ3n) is 5.79. The van der Waals surface area contributed by atoms with Crippen molar-refractivity contribution in [1.29, 1.82) is 0 Å². The fourth-order valence-electron chi connectivity index (χ4n) is 4.15. The molecule has 1 aromatic heterocycles. The van der Waals surface area contributed by atoms with Crippen LogP contribution in [0.25, 0.3) is 10.4 Å². The number of thioether (sulfide) groups is 1. The molecule has 2 aliphatic rings. The lowest BCUT2D eigenvalue weighted by atomic mass is 10.0. The van der Waals surface area contributed by atoms with Crippen LogP contribution >= 0.6 is 11.8 Å². The first kappa shape index (κ1) is 22.6. The number of carbonyl (C=O) groups excluding carboxylic acids is 2. The number of benzene rings is 2. The van der Waals surface area contributed by atoms with E-state index in [4.69, 9.17) is 10.3 Å². The molecule has 1 unspecified atom stereocenters. The Morgan fingerprint density at radius 3 is 2.51 bits per heavy atom. The summed E-state index contributed by atoms with van der Waals surface area (Å²) in [4.78, 5) is 38.1. The van der Waals surface area contributed by atoms with Crippen LogP contribution < -0.4 is 5.32 Å². The quantitative estimate of drug-likeness (QED) is 0.162. The fraction of sp³-hybridized carbons (Fsp3) is 0.208. The Morgan fingerprint density at radius 2 is 1.91 bits per heavy atom. The van der Waals surface area contributed by atoms with Gasteiger partial charge in [0.15, 0.2) is 6.10 Å². The van der Waals surface area contributed by atoms with Gasteiger partial charge in [0.25, 0.3) is 5.91 Å². The van der Waals surface area contributed by atoms with E-state index in [0.29, 0.717) is 17.3 Å². The summed E-state index contributed by atoms with van der Waals surface area (Å²) < 4.78 is 6.04. The van der Waals surface area contributed by atoms with Crippen LogP contribution in [-0.2, 0) is 14.3 Å². The average Bonchev–Trinajstić information content (AvgIpc) is 3.43. The largest absolute Gasteiger partial charge is 0.448 e. The van der Waals surface area contributed by atoms with Gasteiger partial charge in [0, 0.05) is 23.1 Å². The molecule has 1 amide bonds. The van der Waals surface area contributed by atoms with Gasteiger partial charge >= 0.3 is 5.97 Å². The topological polar surface area (TPSA) is 136 Å². The molecular formula is C24H21N7O3S. The van der Waals surface area contributed by atoms with Crippen LogP contribution in [0.5, 0.6) is 0 Å². The Bertz CT molecular complexity index is 1250. The van der Waals surface area contributed by atoms with Gasteiger partial charge in [-0.25, -0.2) is 9.78 Å². The zero-order valence-electron chi connectivity index (χ0n) is 18.4. The number of hydrogen-bond acceptors (Lipinski definition) is 7. The van der Waals surface area contributed by atoms with E-state index in [1.807, 2.05) is 60.7 Å². The molecule has 35 heavy (non-hydrogen) atoms. The molecule has 2 N–H and O–H groups in total. The third-order valence-corrected chi connectivity index (χ3v) is 7.13. The van der Waals surface area contributed by atoms with Gasteiger partial charge in [-0.05, 0) is 22.2 Å². The van der Waals surface area contributed by atoms with E-state index in [2.05, 4.69) is 25.3 Å². The molecule has 3 aromatic rings. The summed E-state index contributed by atoms with van der Waals surface area (Å²) in [5.74, 6) is -0.0130. The van der Waals surface area contributed by atoms with Crippen molar-refractivity contribution in [2.24, 2.45) is 5.11 Å². The minimum atomic E-state index is -0.667. The number of anilines is 1. The van der Waals surface area contributed by atoms with Crippen LogP contribution in [-0.4, -0.2) is 50.5 Å². The first-order valence-electron chi connectivity index (χ1n) is 10.9. The minimum Gasteiger partial charge on any atom is -0.448 e. The summed E-state index contributed by atoms with van der Waals surface area (Å²) >= 11 is 1.49. The predicted molar refractivity (Wildman–Crippen MR) is 131 cm³/mol. The number of azide groups is 1. The number of esters is 1. The zero-order chi connectivity index (χ0) is 24.2. The van der Waals surface area contributed by atoms with Gasteiger partial charge in [0.2, 0.25) is 5.95 Å². The number of aromatic amines is 1. The first-order valence-corrected chi connectivity index (χ1v) is 12.0. The molecule has 3 heterocycles. The number of aromatic nitrogens is 2. The molecule has 0 radical (unpaired) electrons. The van der Waals surface area contributed by atoms with Crippen molar-refractivity contribution in [3.63, 3.8) is 0 Å². The molecule has 2 aliphatic heterocycles. The Hall–Kier alpha value is -4.21. The maximum Gasteiger partial charge on any atom is 0.356 e. The lowest BCUT2D eigenvalue weighted by molar-refractivity contribution is -0.152. The second kappa shape index (κ2) is 9.96. The molecule has 5 rings (SSSR count). The third kappa shape index (κ3) is 4.46. The monoisotopic (exact) mass is 487 g/mol. The summed E-state index contributed by atoms with van der Waals surface area (Å²) in [6.45, 7) is -0.0257. The van der Waals surface area contributed by atoms with E-state index in [9.17, 15) is 9.59 Å². The maximum absolute atomic E-state index is 13.6. The van der Waals surface area contributed by atoms with E-state index >= 15 is 0 Å². The van der Waals surface area contributed by atoms with Crippen LogP contribution in [0.4, 0.5) is 5.95 Å². The van der Waals surface area contributed by atoms with Crippen molar-refractivity contribution in [2.75, 3.05) is 17.6 Å². The highest BCUT2D eigenvalue weighted by atomic mass is 32.2. The van der Waals surface area contributed by atoms with E-state index in [0.717, 1.165) is 11.1 Å². The number of imidazole rings is 1. The number of ether oxygens (including phenoxy) is 1. The molecular weight excluding hydrogens is 466 g/mol. The van der Waals surface area contributed by atoms with Gasteiger partial charge in [0.1, 0.15) is 17.1 Å². The summed E-state index contributed by atoms with van der Waals surface area (Å²) in [5.41, 5.74) is 11.1. The first-order chi connectivity index (χ1) is 17.2. The van der Waals surface area contributed by atoms with Gasteiger partial charge in [-0.15, -0.1) is 11.8 Å². The molecule has 1 fully saturated rings. The smallest absolute Gasteiger partial charge is 0.356 e. The van der Waals surface area contributed by atoms with Gasteiger partial charge in [-0.2, -0.15) is 0 Å². The van der Waals surface area contributed by atoms with Crippen molar-refractivity contribution < 1.29 is 14.3 Å². The SMILES string of the molecule is [N-]=[N+]=NCC1=C(C(=O)OC(c2ccccc2)c2ccccc2)N2C(=O)C(Nc3ncc[nH]3)[C@@H]2SC1. The highest BCUT2D eigenvalue weighted by molar-refractivity contribution is 8.00. The second-order valence-corrected chi connectivity index (χ2v) is 9.02. The molecule has 176 valence electrons. The van der Waals surface area contributed by atoms with E-state index in [-0.39, 0.29) is 23.5 Å². The lowest BCUT2D eigenvalue weighted by Gasteiger charge is -2.49. The molecule has 0 aliphatic carbocycles. The number of carbonyl (C=O) groups is 2. The Morgan fingerprint density at radius 1 is 1.23 bits per heavy atom. The number of H-pyrrole nitrogens is 1. The van der Waals surface area contributed by atoms with Crippen LogP contribution in [0.2, 0.25) is 0 Å². The standard InChI is InChI=1S/C24H21N7O3S/c25-30-28-13-17-14-35-22-18(29-24-26-11-12-27-24)21(32)31(22)19(17)23(33)34-20(15-7-3-1-4-8-15)16-9-5-2-6-10-16/h1-12,18,20,22H,13-14H2,(H2,26,27,29)/t18?,22-/m0/s1. The highest BCUT2D eigenvalue weighted by Gasteiger charge is 2.54. The van der Waals surface area contributed by atoms with E-state index in [1.165, 1.54) is 16.7 Å². The molecule has 1 saturated heterocycles. The minimum absolute atomic E-state index is 0.0257. The lowest BCUT2D eigenvalue weighted by Crippen LogP contribution is -2.67. The van der Waals surface area contributed by atoms with Crippen molar-refractivity contribution in [1.82, 2.24) is 14.9 Å². The summed E-state index contributed by atoms with van der Waals surface area (Å²) in [7, 11) is 0. The molecule has 2 aromatic carbocycles. The van der Waals surface area contributed by atoms with Crippen molar-refractivity contribution in [2.45, 2.75) is 17.5 Å². The van der Waals surface area contributed by atoms with Crippen LogP contribution in [0.3, 0.4) is 0 Å². The molecule has 11 heteroatoms. The van der Waals surface area contributed by atoms with Crippen molar-refractivity contribution in [3.05, 3.63) is 106 Å². The fourth-order valence-corrected chi connectivity index (χ4v) is 5.48. The molecule has 0 bridgehead atoms. The normalized spacial score (nSPS) is 19.0. The number of nitrogens with zero attached hydrogens (tertiary/aromatic N) is 5. The number of fused-ring (bicyclic) bond motifs is 1. The maximum atomic E-state index is 13.6. The van der Waals surface area contributed by atoms with E-state index < -0.39 is 18.1 Å².